The second-order valence-electron chi connectivity index (χ2n) is 2.78. The summed E-state index contributed by atoms with van der Waals surface area (Å²) in [5, 5.41) is 2.56. The number of allylic oxidation sites excluding steroid dienone is 1. The highest BCUT2D eigenvalue weighted by molar-refractivity contribution is 5.98. The fourth-order valence-corrected chi connectivity index (χ4v) is 0.583. The van der Waals surface area contributed by atoms with Gasteiger partial charge in [-0.05, 0) is 13.0 Å². The molecule has 0 aliphatic carbocycles. The van der Waals surface area contributed by atoms with E-state index in [1.54, 1.807) is 13.8 Å². The van der Waals surface area contributed by atoms with Crippen molar-refractivity contribution in [1.82, 2.24) is 5.32 Å². The second-order valence-corrected chi connectivity index (χ2v) is 2.78. The third-order valence-electron chi connectivity index (χ3n) is 1.32. The highest BCUT2D eigenvalue weighted by atomic mass is 16.1. The van der Waals surface area contributed by atoms with Gasteiger partial charge in [-0.15, -0.1) is 0 Å². The predicted molar refractivity (Wildman–Crippen MR) is 47.7 cm³/mol. The number of hydrogen-bond donors (Lipinski definition) is 1. The molecule has 0 atom stereocenters. The summed E-state index contributed by atoms with van der Waals surface area (Å²) in [5.74, 6) is -0.288. The van der Waals surface area contributed by atoms with Crippen LogP contribution in [-0.4, -0.2) is 18.2 Å². The van der Waals surface area contributed by atoms with E-state index in [9.17, 15) is 9.59 Å². The third kappa shape index (κ3) is 4.66. The number of carbonyl (C=O) groups is 2. The van der Waals surface area contributed by atoms with E-state index in [0.717, 1.165) is 0 Å². The summed E-state index contributed by atoms with van der Waals surface area (Å²) in [6, 6.07) is 0. The van der Waals surface area contributed by atoms with Gasteiger partial charge in [0.05, 0.1) is 0 Å². The van der Waals surface area contributed by atoms with Crippen LogP contribution in [0.1, 0.15) is 20.8 Å². The molecule has 1 N–H and O–H groups in total. The van der Waals surface area contributed by atoms with Gasteiger partial charge in [0.2, 0.25) is 5.91 Å². The number of nitrogens with one attached hydrogen (secondary N) is 1. The van der Waals surface area contributed by atoms with Crippen molar-refractivity contribution in [1.29, 1.82) is 0 Å². The number of amides is 1. The Labute approximate surface area is 72.8 Å². The first-order valence-electron chi connectivity index (χ1n) is 4.07. The molecule has 3 heteroatoms. The quantitative estimate of drug-likeness (QED) is 0.636. The summed E-state index contributed by atoms with van der Waals surface area (Å²) in [4.78, 5) is 21.8. The van der Waals surface area contributed by atoms with Crippen LogP contribution in [0, 0.1) is 5.92 Å². The Kier molecular flexibility index (Phi) is 5.00. The van der Waals surface area contributed by atoms with Gasteiger partial charge in [0.1, 0.15) is 0 Å². The smallest absolute Gasteiger partial charge is 0.244 e. The van der Waals surface area contributed by atoms with Crippen molar-refractivity contribution in [3.05, 3.63) is 12.2 Å². The highest BCUT2D eigenvalue weighted by Crippen LogP contribution is 1.94. The van der Waals surface area contributed by atoms with E-state index in [1.165, 1.54) is 12.2 Å². The molecule has 0 aromatic carbocycles. The van der Waals surface area contributed by atoms with Crippen LogP contribution < -0.4 is 5.32 Å². The van der Waals surface area contributed by atoms with Crippen LogP contribution in [0.3, 0.4) is 0 Å². The topological polar surface area (TPSA) is 46.2 Å². The molecule has 0 saturated heterocycles. The molecule has 0 aromatic rings. The van der Waals surface area contributed by atoms with Crippen LogP contribution in [0.2, 0.25) is 0 Å². The van der Waals surface area contributed by atoms with Crippen molar-refractivity contribution in [3.8, 4) is 0 Å². The van der Waals surface area contributed by atoms with Crippen molar-refractivity contribution < 1.29 is 9.59 Å². The first-order valence-corrected chi connectivity index (χ1v) is 4.07. The van der Waals surface area contributed by atoms with Crippen molar-refractivity contribution in [2.45, 2.75) is 20.8 Å². The first kappa shape index (κ1) is 10.9. The molecular formula is C9H15NO2. The average molecular weight is 169 g/mol. The van der Waals surface area contributed by atoms with Crippen LogP contribution >= 0.6 is 0 Å². The Hall–Kier alpha value is -1.12. The van der Waals surface area contributed by atoms with Crippen LogP contribution in [0.4, 0.5) is 0 Å². The molecule has 0 saturated carbocycles. The van der Waals surface area contributed by atoms with E-state index in [1.807, 2.05) is 6.92 Å². The summed E-state index contributed by atoms with van der Waals surface area (Å²) < 4.78 is 0. The van der Waals surface area contributed by atoms with Gasteiger partial charge in [0.25, 0.3) is 0 Å². The SMILES string of the molecule is CCNC(=O)/C=C\C(=O)C(C)C. The van der Waals surface area contributed by atoms with E-state index >= 15 is 0 Å². The van der Waals surface area contributed by atoms with Crippen molar-refractivity contribution >= 4 is 11.7 Å². The van der Waals surface area contributed by atoms with Gasteiger partial charge in [-0.3, -0.25) is 9.59 Å². The van der Waals surface area contributed by atoms with Crippen LogP contribution in [0.25, 0.3) is 0 Å². The van der Waals surface area contributed by atoms with E-state index in [4.69, 9.17) is 0 Å². The molecule has 0 radical (unpaired) electrons. The summed E-state index contributed by atoms with van der Waals surface area (Å²) in [6.07, 6.45) is 2.58. The largest absolute Gasteiger partial charge is 0.353 e. The molecular weight excluding hydrogens is 154 g/mol. The lowest BCUT2D eigenvalue weighted by atomic mass is 10.1. The molecule has 0 unspecified atom stereocenters. The zero-order valence-electron chi connectivity index (χ0n) is 7.76. The molecule has 3 nitrogen and oxygen atoms in total. The molecule has 12 heavy (non-hydrogen) atoms. The zero-order chi connectivity index (χ0) is 9.56. The molecule has 1 amide bonds. The number of hydrogen-bond acceptors (Lipinski definition) is 2. The van der Waals surface area contributed by atoms with Crippen molar-refractivity contribution in [2.75, 3.05) is 6.54 Å². The van der Waals surface area contributed by atoms with Gasteiger partial charge in [-0.25, -0.2) is 0 Å². The summed E-state index contributed by atoms with van der Waals surface area (Å²) in [7, 11) is 0. The maximum absolute atomic E-state index is 11.0. The minimum Gasteiger partial charge on any atom is -0.353 e. The van der Waals surface area contributed by atoms with Crippen molar-refractivity contribution in [2.24, 2.45) is 5.92 Å². The number of rotatable bonds is 4. The maximum atomic E-state index is 11.0. The Morgan fingerprint density at radius 1 is 1.33 bits per heavy atom. The highest BCUT2D eigenvalue weighted by Gasteiger charge is 2.02. The monoisotopic (exact) mass is 169 g/mol. The molecule has 0 aromatic heterocycles. The molecule has 0 rings (SSSR count). The average Bonchev–Trinajstić information content (AvgIpc) is 2.00. The predicted octanol–water partition coefficient (Wildman–Crippen LogP) is 0.904. The van der Waals surface area contributed by atoms with E-state index in [0.29, 0.717) is 6.54 Å². The zero-order valence-corrected chi connectivity index (χ0v) is 7.76. The fourth-order valence-electron chi connectivity index (χ4n) is 0.583. The van der Waals surface area contributed by atoms with Gasteiger partial charge < -0.3 is 5.32 Å². The molecule has 0 spiro atoms. The van der Waals surface area contributed by atoms with Gasteiger partial charge in [0.15, 0.2) is 5.78 Å². The number of ketones is 1. The van der Waals surface area contributed by atoms with E-state index < -0.39 is 0 Å². The summed E-state index contributed by atoms with van der Waals surface area (Å²) in [6.45, 7) is 6.00. The standard InChI is InChI=1S/C9H15NO2/c1-4-10-9(12)6-5-8(11)7(2)3/h5-7H,4H2,1-3H3,(H,10,12)/b6-5-. The Bertz CT molecular complexity index is 195. The Morgan fingerprint density at radius 3 is 2.33 bits per heavy atom. The van der Waals surface area contributed by atoms with Gasteiger partial charge in [-0.2, -0.15) is 0 Å². The molecule has 0 aliphatic rings. The normalized spacial score (nSPS) is 10.7. The summed E-state index contributed by atoms with van der Waals surface area (Å²) in [5.41, 5.74) is 0. The number of likely N-dealkylation sites (N-methyl/N-ethyl adjacent to an activating group) is 1. The van der Waals surface area contributed by atoms with Crippen LogP contribution in [0.5, 0.6) is 0 Å². The lowest BCUT2D eigenvalue weighted by Crippen LogP contribution is -2.20. The minimum absolute atomic E-state index is 0.0266. The molecule has 0 heterocycles. The molecule has 0 aliphatic heterocycles. The Balaban J connectivity index is 3.90. The van der Waals surface area contributed by atoms with Crippen molar-refractivity contribution in [3.63, 3.8) is 0 Å². The van der Waals surface area contributed by atoms with Crippen LogP contribution in [0.15, 0.2) is 12.2 Å². The van der Waals surface area contributed by atoms with Gasteiger partial charge >= 0.3 is 0 Å². The number of carbonyl (C=O) groups excluding carboxylic acids is 2. The maximum Gasteiger partial charge on any atom is 0.244 e. The minimum atomic E-state index is -0.216. The Morgan fingerprint density at radius 2 is 1.92 bits per heavy atom. The van der Waals surface area contributed by atoms with Gasteiger partial charge in [0, 0.05) is 18.5 Å². The lowest BCUT2D eigenvalue weighted by Gasteiger charge is -1.97. The van der Waals surface area contributed by atoms with E-state index in [-0.39, 0.29) is 17.6 Å². The molecule has 0 bridgehead atoms. The lowest BCUT2D eigenvalue weighted by molar-refractivity contribution is -0.119. The van der Waals surface area contributed by atoms with Crippen LogP contribution in [-0.2, 0) is 9.59 Å². The molecule has 68 valence electrons. The fraction of sp³-hybridized carbons (Fsp3) is 0.556. The second kappa shape index (κ2) is 5.52. The summed E-state index contributed by atoms with van der Waals surface area (Å²) >= 11 is 0. The van der Waals surface area contributed by atoms with Gasteiger partial charge in [-0.1, -0.05) is 13.8 Å². The first-order chi connectivity index (χ1) is 5.57. The van der Waals surface area contributed by atoms with E-state index in [2.05, 4.69) is 5.32 Å². The molecule has 0 fully saturated rings. The third-order valence-corrected chi connectivity index (χ3v) is 1.32.